The third-order valence-electron chi connectivity index (χ3n) is 4.48. The molecule has 0 bridgehead atoms. The van der Waals surface area contributed by atoms with Gasteiger partial charge < -0.3 is 14.8 Å². The number of anilines is 1. The number of nitro benzene ring substituents is 2. The molecule has 1 aromatic rings. The highest BCUT2D eigenvalue weighted by atomic mass is 16.6. The van der Waals surface area contributed by atoms with Gasteiger partial charge in [0.2, 0.25) is 0 Å². The molecule has 11 heteroatoms. The van der Waals surface area contributed by atoms with Crippen molar-refractivity contribution in [3.05, 3.63) is 37.9 Å². The number of methoxy groups -OCH3 is 1. The lowest BCUT2D eigenvalue weighted by Gasteiger charge is -2.41. The molecule has 1 fully saturated rings. The highest BCUT2D eigenvalue weighted by Crippen LogP contribution is 2.34. The Kier molecular flexibility index (Phi) is 6.28. The fraction of sp³-hybridized carbons (Fsp3) is 0.562. The van der Waals surface area contributed by atoms with Crippen LogP contribution in [0.3, 0.4) is 0 Å². The van der Waals surface area contributed by atoms with Gasteiger partial charge in [0.15, 0.2) is 0 Å². The molecule has 11 nitrogen and oxygen atoms in total. The minimum atomic E-state index is -0.895. The molecular weight excluding hydrogens is 360 g/mol. The average molecular weight is 382 g/mol. The van der Waals surface area contributed by atoms with Gasteiger partial charge in [0.05, 0.1) is 41.8 Å². The van der Waals surface area contributed by atoms with E-state index in [9.17, 15) is 25.0 Å². The number of ether oxygens (including phenoxy) is 2. The first kappa shape index (κ1) is 20.5. The molecule has 148 valence electrons. The number of carbonyl (C=O) groups is 1. The Bertz CT molecular complexity index is 745. The second-order valence-electron chi connectivity index (χ2n) is 6.66. The van der Waals surface area contributed by atoms with Crippen LogP contribution < -0.4 is 5.32 Å². The summed E-state index contributed by atoms with van der Waals surface area (Å²) in [5, 5.41) is 25.5. The summed E-state index contributed by atoms with van der Waals surface area (Å²) in [6.07, 6.45) is 0. The zero-order valence-electron chi connectivity index (χ0n) is 15.4. The van der Waals surface area contributed by atoms with Gasteiger partial charge in [-0.05, 0) is 13.8 Å². The molecular formula is C16H22N4O7. The van der Waals surface area contributed by atoms with Crippen LogP contribution in [0.15, 0.2) is 12.1 Å². The molecule has 0 unspecified atom stereocenters. The number of nitrogens with one attached hydrogen (secondary N) is 1. The number of esters is 1. The number of morpholine rings is 1. The van der Waals surface area contributed by atoms with Gasteiger partial charge in [-0.15, -0.1) is 0 Å². The summed E-state index contributed by atoms with van der Waals surface area (Å²) in [4.78, 5) is 35.2. The summed E-state index contributed by atoms with van der Waals surface area (Å²) in [7, 11) is 1.11. The molecule has 1 N–H and O–H groups in total. The van der Waals surface area contributed by atoms with E-state index in [4.69, 9.17) is 4.74 Å². The molecule has 1 aliphatic heterocycles. The van der Waals surface area contributed by atoms with Crippen molar-refractivity contribution in [1.29, 1.82) is 0 Å². The molecule has 27 heavy (non-hydrogen) atoms. The van der Waals surface area contributed by atoms with Crippen molar-refractivity contribution in [1.82, 2.24) is 4.90 Å². The Labute approximate surface area is 155 Å². The topological polar surface area (TPSA) is 137 Å². The van der Waals surface area contributed by atoms with Gasteiger partial charge in [0.1, 0.15) is 5.69 Å². The van der Waals surface area contributed by atoms with Crippen molar-refractivity contribution in [2.75, 3.05) is 45.3 Å². The van der Waals surface area contributed by atoms with Crippen molar-refractivity contribution in [2.24, 2.45) is 0 Å². The maximum Gasteiger partial charge on any atom is 0.340 e. The molecule has 1 aromatic carbocycles. The monoisotopic (exact) mass is 382 g/mol. The van der Waals surface area contributed by atoms with Crippen molar-refractivity contribution in [2.45, 2.75) is 19.4 Å². The maximum atomic E-state index is 12.1. The van der Waals surface area contributed by atoms with Crippen LogP contribution in [0.4, 0.5) is 17.1 Å². The zero-order valence-corrected chi connectivity index (χ0v) is 15.4. The molecule has 0 aliphatic carbocycles. The number of carbonyl (C=O) groups excluding carboxylic acids is 1. The Morgan fingerprint density at radius 2 is 1.89 bits per heavy atom. The standard InChI is InChI=1S/C16H22N4O7/c1-16(2,18-4-6-27-7-5-18)10-17-14-12(15(21)26-3)8-11(19(22)23)9-13(14)20(24)25/h8-9,17H,4-7,10H2,1-3H3. The van der Waals surface area contributed by atoms with Crippen LogP contribution in [0.5, 0.6) is 0 Å². The summed E-state index contributed by atoms with van der Waals surface area (Å²) in [5.41, 5.74) is -1.86. The third kappa shape index (κ3) is 4.68. The van der Waals surface area contributed by atoms with E-state index in [0.29, 0.717) is 26.3 Å². The first-order chi connectivity index (χ1) is 12.7. The van der Waals surface area contributed by atoms with Gasteiger partial charge in [0.25, 0.3) is 11.4 Å². The van der Waals surface area contributed by atoms with Crippen LogP contribution in [0.2, 0.25) is 0 Å². The van der Waals surface area contributed by atoms with Gasteiger partial charge in [-0.2, -0.15) is 0 Å². The van der Waals surface area contributed by atoms with Crippen molar-refractivity contribution < 1.29 is 24.1 Å². The summed E-state index contributed by atoms with van der Waals surface area (Å²) < 4.78 is 9.98. The van der Waals surface area contributed by atoms with E-state index in [-0.39, 0.29) is 17.8 Å². The molecule has 0 saturated carbocycles. The van der Waals surface area contributed by atoms with E-state index < -0.39 is 32.7 Å². The molecule has 1 heterocycles. The van der Waals surface area contributed by atoms with Crippen molar-refractivity contribution >= 4 is 23.0 Å². The number of hydrogen-bond acceptors (Lipinski definition) is 9. The first-order valence-corrected chi connectivity index (χ1v) is 8.29. The minimum Gasteiger partial charge on any atom is -0.465 e. The molecule has 0 atom stereocenters. The molecule has 0 amide bonds. The zero-order chi connectivity index (χ0) is 20.2. The molecule has 1 aliphatic rings. The van der Waals surface area contributed by atoms with Crippen LogP contribution >= 0.6 is 0 Å². The van der Waals surface area contributed by atoms with Gasteiger partial charge >= 0.3 is 5.97 Å². The van der Waals surface area contributed by atoms with E-state index in [0.717, 1.165) is 19.2 Å². The average Bonchev–Trinajstić information content (AvgIpc) is 2.65. The molecule has 0 spiro atoms. The number of benzene rings is 1. The molecule has 0 aromatic heterocycles. The maximum absolute atomic E-state index is 12.1. The van der Waals surface area contributed by atoms with Crippen LogP contribution in [-0.2, 0) is 9.47 Å². The van der Waals surface area contributed by atoms with Gasteiger partial charge in [-0.25, -0.2) is 4.79 Å². The van der Waals surface area contributed by atoms with Gasteiger partial charge in [-0.1, -0.05) is 0 Å². The lowest BCUT2D eigenvalue weighted by atomic mass is 10.0. The first-order valence-electron chi connectivity index (χ1n) is 8.29. The van der Waals surface area contributed by atoms with E-state index in [2.05, 4.69) is 15.0 Å². The van der Waals surface area contributed by atoms with E-state index in [1.165, 1.54) is 0 Å². The quantitative estimate of drug-likeness (QED) is 0.425. The van der Waals surface area contributed by atoms with E-state index >= 15 is 0 Å². The lowest BCUT2D eigenvalue weighted by Crippen LogP contribution is -2.53. The summed E-state index contributed by atoms with van der Waals surface area (Å²) in [6, 6.07) is 1.80. The van der Waals surface area contributed by atoms with Crippen LogP contribution in [0.25, 0.3) is 0 Å². The Morgan fingerprint density at radius 3 is 2.41 bits per heavy atom. The predicted molar refractivity (Wildman–Crippen MR) is 96.1 cm³/mol. The number of non-ortho nitro benzene ring substituents is 1. The van der Waals surface area contributed by atoms with Crippen LogP contribution in [0.1, 0.15) is 24.2 Å². The summed E-state index contributed by atoms with van der Waals surface area (Å²) in [6.45, 7) is 6.79. The highest BCUT2D eigenvalue weighted by molar-refractivity contribution is 5.99. The highest BCUT2D eigenvalue weighted by Gasteiger charge is 2.32. The normalized spacial score (nSPS) is 15.2. The second kappa shape index (κ2) is 8.27. The third-order valence-corrected chi connectivity index (χ3v) is 4.48. The molecule has 2 rings (SSSR count). The Morgan fingerprint density at radius 1 is 1.26 bits per heavy atom. The van der Waals surface area contributed by atoms with Gasteiger partial charge in [-0.3, -0.25) is 25.1 Å². The summed E-state index contributed by atoms with van der Waals surface area (Å²) >= 11 is 0. The Hall–Kier alpha value is -2.79. The van der Waals surface area contributed by atoms with Crippen LogP contribution in [-0.4, -0.2) is 66.2 Å². The van der Waals surface area contributed by atoms with Crippen LogP contribution in [0, 0.1) is 20.2 Å². The van der Waals surface area contributed by atoms with E-state index in [1.807, 2.05) is 13.8 Å². The fourth-order valence-electron chi connectivity index (χ4n) is 2.90. The molecule has 0 radical (unpaired) electrons. The SMILES string of the molecule is COC(=O)c1cc([N+](=O)[O-])cc([N+](=O)[O-])c1NCC(C)(C)N1CCOCC1. The number of hydrogen-bond donors (Lipinski definition) is 1. The smallest absolute Gasteiger partial charge is 0.340 e. The number of nitro groups is 2. The molecule has 1 saturated heterocycles. The lowest BCUT2D eigenvalue weighted by molar-refractivity contribution is -0.393. The van der Waals surface area contributed by atoms with Crippen molar-refractivity contribution in [3.63, 3.8) is 0 Å². The van der Waals surface area contributed by atoms with Gasteiger partial charge in [0, 0.05) is 31.2 Å². The number of nitrogens with zero attached hydrogens (tertiary/aromatic N) is 3. The Balaban J connectivity index is 2.39. The second-order valence-corrected chi connectivity index (χ2v) is 6.66. The fourth-order valence-corrected chi connectivity index (χ4v) is 2.90. The van der Waals surface area contributed by atoms with E-state index in [1.54, 1.807) is 0 Å². The summed E-state index contributed by atoms with van der Waals surface area (Å²) in [5.74, 6) is -0.895. The van der Waals surface area contributed by atoms with Crippen molar-refractivity contribution in [3.8, 4) is 0 Å². The largest absolute Gasteiger partial charge is 0.465 e. The minimum absolute atomic E-state index is 0.0983. The number of rotatable bonds is 7. The predicted octanol–water partition coefficient (Wildman–Crippen LogP) is 1.81.